The molecular formula is C18H18FN3O. The largest absolute Gasteiger partial charge is 0.390 e. The van der Waals surface area contributed by atoms with Crippen molar-refractivity contribution in [2.24, 2.45) is 0 Å². The van der Waals surface area contributed by atoms with Crippen LogP contribution in [-0.2, 0) is 13.0 Å². The molecule has 1 aromatic heterocycles. The van der Waals surface area contributed by atoms with E-state index in [-0.39, 0.29) is 12.4 Å². The first-order valence-electron chi connectivity index (χ1n) is 7.45. The van der Waals surface area contributed by atoms with Crippen molar-refractivity contribution in [2.45, 2.75) is 26.9 Å². The monoisotopic (exact) mass is 311 g/mol. The zero-order valence-electron chi connectivity index (χ0n) is 13.1. The number of hydrogen-bond donors (Lipinski definition) is 1. The number of aromatic nitrogens is 3. The van der Waals surface area contributed by atoms with E-state index < -0.39 is 0 Å². The molecule has 4 nitrogen and oxygen atoms in total. The molecule has 1 N–H and O–H groups in total. The van der Waals surface area contributed by atoms with Gasteiger partial charge in [-0.1, -0.05) is 29.5 Å². The van der Waals surface area contributed by atoms with Gasteiger partial charge < -0.3 is 5.11 Å². The third-order valence-corrected chi connectivity index (χ3v) is 4.08. The number of aliphatic hydroxyl groups excluding tert-OH is 1. The molecule has 118 valence electrons. The fourth-order valence-electron chi connectivity index (χ4n) is 2.59. The molecule has 0 atom stereocenters. The number of rotatable bonds is 4. The highest BCUT2D eigenvalue weighted by Crippen LogP contribution is 2.22. The molecule has 0 unspecified atom stereocenters. The molecule has 0 fully saturated rings. The van der Waals surface area contributed by atoms with E-state index in [0.717, 1.165) is 28.1 Å². The number of aliphatic hydroxyl groups is 1. The van der Waals surface area contributed by atoms with Crippen LogP contribution in [-0.4, -0.2) is 20.1 Å². The fraction of sp³-hybridized carbons (Fsp3) is 0.222. The normalized spacial score (nSPS) is 11.0. The van der Waals surface area contributed by atoms with Crippen molar-refractivity contribution >= 4 is 0 Å². The summed E-state index contributed by atoms with van der Waals surface area (Å²) >= 11 is 0. The fourth-order valence-corrected chi connectivity index (χ4v) is 2.59. The van der Waals surface area contributed by atoms with Crippen LogP contribution in [0.3, 0.4) is 0 Å². The maximum Gasteiger partial charge on any atom is 0.123 e. The SMILES string of the molecule is Cc1cccc(-n2nnc(CO)c2Cc2ccc(F)cc2)c1C. The number of hydrogen-bond acceptors (Lipinski definition) is 3. The lowest BCUT2D eigenvalue weighted by Gasteiger charge is -2.12. The van der Waals surface area contributed by atoms with Gasteiger partial charge in [-0.05, 0) is 48.7 Å². The van der Waals surface area contributed by atoms with Crippen LogP contribution < -0.4 is 0 Å². The number of halogens is 1. The van der Waals surface area contributed by atoms with Gasteiger partial charge in [0.1, 0.15) is 11.5 Å². The van der Waals surface area contributed by atoms with Crippen molar-refractivity contribution in [1.82, 2.24) is 15.0 Å². The van der Waals surface area contributed by atoms with Gasteiger partial charge in [-0.2, -0.15) is 0 Å². The van der Waals surface area contributed by atoms with Gasteiger partial charge in [0, 0.05) is 6.42 Å². The van der Waals surface area contributed by atoms with E-state index in [1.165, 1.54) is 12.1 Å². The van der Waals surface area contributed by atoms with Gasteiger partial charge in [0.25, 0.3) is 0 Å². The Hall–Kier alpha value is -2.53. The highest BCUT2D eigenvalue weighted by molar-refractivity contribution is 5.45. The zero-order valence-corrected chi connectivity index (χ0v) is 13.1. The number of nitrogens with zero attached hydrogens (tertiary/aromatic N) is 3. The van der Waals surface area contributed by atoms with E-state index in [4.69, 9.17) is 0 Å². The smallest absolute Gasteiger partial charge is 0.123 e. The van der Waals surface area contributed by atoms with Crippen molar-refractivity contribution in [3.8, 4) is 5.69 Å². The van der Waals surface area contributed by atoms with E-state index in [9.17, 15) is 9.50 Å². The van der Waals surface area contributed by atoms with E-state index in [1.807, 2.05) is 32.0 Å². The Morgan fingerprint density at radius 1 is 1.09 bits per heavy atom. The predicted molar refractivity (Wildman–Crippen MR) is 86.0 cm³/mol. The summed E-state index contributed by atoms with van der Waals surface area (Å²) in [4.78, 5) is 0. The molecule has 0 aliphatic rings. The quantitative estimate of drug-likeness (QED) is 0.805. The molecule has 1 heterocycles. The Balaban J connectivity index is 2.07. The van der Waals surface area contributed by atoms with Gasteiger partial charge in [0.15, 0.2) is 0 Å². The van der Waals surface area contributed by atoms with Crippen LogP contribution >= 0.6 is 0 Å². The third-order valence-electron chi connectivity index (χ3n) is 4.08. The summed E-state index contributed by atoms with van der Waals surface area (Å²) in [5.74, 6) is -0.266. The average molecular weight is 311 g/mol. The molecule has 0 radical (unpaired) electrons. The van der Waals surface area contributed by atoms with Crippen molar-refractivity contribution < 1.29 is 9.50 Å². The molecule has 0 aliphatic heterocycles. The Morgan fingerprint density at radius 3 is 2.52 bits per heavy atom. The van der Waals surface area contributed by atoms with Crippen LogP contribution in [0.2, 0.25) is 0 Å². The van der Waals surface area contributed by atoms with Crippen molar-refractivity contribution in [2.75, 3.05) is 0 Å². The zero-order chi connectivity index (χ0) is 16.4. The summed E-state index contributed by atoms with van der Waals surface area (Å²) in [5, 5.41) is 17.8. The van der Waals surface area contributed by atoms with E-state index in [2.05, 4.69) is 10.3 Å². The first-order chi connectivity index (χ1) is 11.1. The lowest BCUT2D eigenvalue weighted by molar-refractivity contribution is 0.275. The minimum absolute atomic E-state index is 0.179. The van der Waals surface area contributed by atoms with Crippen LogP contribution in [0, 0.1) is 19.7 Å². The second-order valence-corrected chi connectivity index (χ2v) is 5.58. The first kappa shape index (κ1) is 15.4. The third kappa shape index (κ3) is 3.00. The van der Waals surface area contributed by atoms with Gasteiger partial charge in [0.2, 0.25) is 0 Å². The molecule has 3 rings (SSSR count). The Bertz CT molecular complexity index is 825. The van der Waals surface area contributed by atoms with Gasteiger partial charge in [-0.25, -0.2) is 9.07 Å². The Kier molecular flexibility index (Phi) is 4.21. The number of aryl methyl sites for hydroxylation is 1. The van der Waals surface area contributed by atoms with Gasteiger partial charge in [0.05, 0.1) is 18.0 Å². The van der Waals surface area contributed by atoms with Crippen LogP contribution in [0.1, 0.15) is 28.1 Å². The van der Waals surface area contributed by atoms with Crippen LogP contribution in [0.5, 0.6) is 0 Å². The van der Waals surface area contributed by atoms with Crippen LogP contribution in [0.4, 0.5) is 4.39 Å². The second-order valence-electron chi connectivity index (χ2n) is 5.58. The van der Waals surface area contributed by atoms with Crippen molar-refractivity contribution in [3.63, 3.8) is 0 Å². The highest BCUT2D eigenvalue weighted by atomic mass is 19.1. The van der Waals surface area contributed by atoms with Crippen LogP contribution in [0.15, 0.2) is 42.5 Å². The lowest BCUT2D eigenvalue weighted by Crippen LogP contribution is -2.07. The predicted octanol–water partition coefficient (Wildman–Crippen LogP) is 3.11. The second kappa shape index (κ2) is 6.30. The summed E-state index contributed by atoms with van der Waals surface area (Å²) < 4.78 is 14.8. The minimum atomic E-state index is -0.266. The summed E-state index contributed by atoms with van der Waals surface area (Å²) in [6.45, 7) is 3.90. The van der Waals surface area contributed by atoms with E-state index in [1.54, 1.807) is 16.8 Å². The topological polar surface area (TPSA) is 50.9 Å². The molecule has 0 bridgehead atoms. The maximum absolute atomic E-state index is 13.1. The molecule has 5 heteroatoms. The minimum Gasteiger partial charge on any atom is -0.390 e. The van der Waals surface area contributed by atoms with Crippen molar-refractivity contribution in [3.05, 3.63) is 76.4 Å². The Morgan fingerprint density at radius 2 is 1.83 bits per heavy atom. The molecule has 0 saturated heterocycles. The standard InChI is InChI=1S/C18H18FN3O/c1-12-4-3-5-17(13(12)2)22-18(16(11-23)20-21-22)10-14-6-8-15(19)9-7-14/h3-9,23H,10-11H2,1-2H3. The molecule has 3 aromatic rings. The molecule has 0 amide bonds. The highest BCUT2D eigenvalue weighted by Gasteiger charge is 2.16. The average Bonchev–Trinajstić information content (AvgIpc) is 2.95. The maximum atomic E-state index is 13.1. The van der Waals surface area contributed by atoms with Crippen molar-refractivity contribution in [1.29, 1.82) is 0 Å². The Labute approximate surface area is 134 Å². The summed E-state index contributed by atoms with van der Waals surface area (Å²) in [6, 6.07) is 12.3. The summed E-state index contributed by atoms with van der Waals surface area (Å²) in [6.07, 6.45) is 0.524. The van der Waals surface area contributed by atoms with E-state index in [0.29, 0.717) is 12.1 Å². The molecular weight excluding hydrogens is 293 g/mol. The summed E-state index contributed by atoms with van der Waals surface area (Å²) in [5.41, 5.74) is 5.51. The first-order valence-corrected chi connectivity index (χ1v) is 7.45. The van der Waals surface area contributed by atoms with Crippen LogP contribution in [0.25, 0.3) is 5.69 Å². The lowest BCUT2D eigenvalue weighted by atomic mass is 10.1. The molecule has 0 saturated carbocycles. The van der Waals surface area contributed by atoms with Gasteiger partial charge >= 0.3 is 0 Å². The number of benzene rings is 2. The molecule has 0 aliphatic carbocycles. The van der Waals surface area contributed by atoms with Gasteiger partial charge in [-0.15, -0.1) is 5.10 Å². The summed E-state index contributed by atoms with van der Waals surface area (Å²) in [7, 11) is 0. The molecule has 23 heavy (non-hydrogen) atoms. The molecule has 0 spiro atoms. The van der Waals surface area contributed by atoms with Gasteiger partial charge in [-0.3, -0.25) is 0 Å². The molecule has 2 aromatic carbocycles. The van der Waals surface area contributed by atoms with E-state index >= 15 is 0 Å².